The van der Waals surface area contributed by atoms with Gasteiger partial charge in [0.1, 0.15) is 0 Å². The lowest BCUT2D eigenvalue weighted by Gasteiger charge is -2.21. The molecule has 112 valence electrons. The topological polar surface area (TPSA) is 86.7 Å². The van der Waals surface area contributed by atoms with Crippen molar-refractivity contribution in [3.63, 3.8) is 0 Å². The van der Waals surface area contributed by atoms with Gasteiger partial charge < -0.3 is 15.3 Å². The van der Waals surface area contributed by atoms with Crippen LogP contribution in [0.25, 0.3) is 0 Å². The first kappa shape index (κ1) is 14.8. The number of hydrogen-bond acceptors (Lipinski definition) is 3. The number of nitrogens with one attached hydrogen (secondary N) is 1. The van der Waals surface area contributed by atoms with Crippen LogP contribution in [-0.4, -0.2) is 46.9 Å². The zero-order chi connectivity index (χ0) is 14.7. The summed E-state index contributed by atoms with van der Waals surface area (Å²) >= 11 is 0. The largest absolute Gasteiger partial charge is 0.481 e. The zero-order valence-electron chi connectivity index (χ0n) is 11.8. The second-order valence-electron chi connectivity index (χ2n) is 5.82. The van der Waals surface area contributed by atoms with E-state index >= 15 is 0 Å². The van der Waals surface area contributed by atoms with Crippen LogP contribution in [0.3, 0.4) is 0 Å². The molecule has 2 aliphatic carbocycles. The van der Waals surface area contributed by atoms with Crippen molar-refractivity contribution in [2.45, 2.75) is 45.1 Å². The highest BCUT2D eigenvalue weighted by Gasteiger charge is 2.39. The van der Waals surface area contributed by atoms with E-state index < -0.39 is 5.97 Å². The predicted octanol–water partition coefficient (Wildman–Crippen LogP) is 0.614. The van der Waals surface area contributed by atoms with E-state index in [9.17, 15) is 14.4 Å². The first-order chi connectivity index (χ1) is 9.49. The molecule has 0 spiro atoms. The summed E-state index contributed by atoms with van der Waals surface area (Å²) in [6, 6.07) is 0.209. The van der Waals surface area contributed by atoms with E-state index in [1.165, 1.54) is 0 Å². The van der Waals surface area contributed by atoms with Gasteiger partial charge in [-0.2, -0.15) is 0 Å². The van der Waals surface area contributed by atoms with Gasteiger partial charge in [0.15, 0.2) is 0 Å². The number of carbonyl (C=O) groups excluding carboxylic acids is 2. The van der Waals surface area contributed by atoms with Crippen LogP contribution in [0.15, 0.2) is 0 Å². The van der Waals surface area contributed by atoms with Crippen molar-refractivity contribution in [3.05, 3.63) is 0 Å². The molecule has 2 unspecified atom stereocenters. The Balaban J connectivity index is 1.68. The maximum absolute atomic E-state index is 12.1. The fourth-order valence-electron chi connectivity index (χ4n) is 2.37. The van der Waals surface area contributed by atoms with E-state index in [1.807, 2.05) is 6.92 Å². The number of carbonyl (C=O) groups is 3. The van der Waals surface area contributed by atoms with Gasteiger partial charge in [-0.15, -0.1) is 0 Å². The molecule has 0 heterocycles. The van der Waals surface area contributed by atoms with Crippen molar-refractivity contribution >= 4 is 17.8 Å². The Labute approximate surface area is 118 Å². The molecule has 2 fully saturated rings. The number of carboxylic acids is 1. The van der Waals surface area contributed by atoms with Crippen LogP contribution in [0.2, 0.25) is 0 Å². The van der Waals surface area contributed by atoms with E-state index in [2.05, 4.69) is 5.32 Å². The molecule has 2 amide bonds. The van der Waals surface area contributed by atoms with E-state index in [1.54, 1.807) is 4.90 Å². The van der Waals surface area contributed by atoms with E-state index in [4.69, 9.17) is 5.11 Å². The van der Waals surface area contributed by atoms with Gasteiger partial charge >= 0.3 is 5.97 Å². The van der Waals surface area contributed by atoms with Gasteiger partial charge in [-0.1, -0.05) is 6.92 Å². The average molecular weight is 282 g/mol. The van der Waals surface area contributed by atoms with Gasteiger partial charge in [-0.3, -0.25) is 14.4 Å². The molecule has 0 aromatic carbocycles. The van der Waals surface area contributed by atoms with Gasteiger partial charge in [0, 0.05) is 31.5 Å². The molecule has 0 aromatic rings. The molecule has 6 heteroatoms. The molecule has 2 N–H and O–H groups in total. The number of hydrogen-bond donors (Lipinski definition) is 2. The van der Waals surface area contributed by atoms with Crippen LogP contribution < -0.4 is 5.32 Å². The van der Waals surface area contributed by atoms with Gasteiger partial charge in [0.2, 0.25) is 11.8 Å². The highest BCUT2D eigenvalue weighted by Crippen LogP contribution is 2.37. The molecule has 20 heavy (non-hydrogen) atoms. The Bertz CT molecular complexity index is 406. The first-order valence-corrected chi connectivity index (χ1v) is 7.28. The molecule has 2 atom stereocenters. The third-order valence-electron chi connectivity index (χ3n) is 3.96. The standard InChI is InChI=1S/C14H22N2O4/c1-9-8-11(9)14(20)15-6-4-12(17)16(10-2-3-10)7-5-13(18)19/h9-11H,2-8H2,1H3,(H,15,20)(H,18,19). The number of nitrogens with zero attached hydrogens (tertiary/aromatic N) is 1. The van der Waals surface area contributed by atoms with Crippen molar-refractivity contribution in [2.24, 2.45) is 11.8 Å². The molecule has 0 aromatic heterocycles. The molecule has 0 aliphatic heterocycles. The molecule has 0 radical (unpaired) electrons. The van der Waals surface area contributed by atoms with Crippen molar-refractivity contribution in [3.8, 4) is 0 Å². The lowest BCUT2D eigenvalue weighted by atomic mass is 10.3. The Kier molecular flexibility index (Phi) is 4.62. The van der Waals surface area contributed by atoms with Gasteiger partial charge in [-0.25, -0.2) is 0 Å². The van der Waals surface area contributed by atoms with E-state index in [-0.39, 0.29) is 43.2 Å². The van der Waals surface area contributed by atoms with Crippen molar-refractivity contribution in [1.82, 2.24) is 10.2 Å². The van der Waals surface area contributed by atoms with E-state index in [0.717, 1.165) is 19.3 Å². The molecule has 2 saturated carbocycles. The first-order valence-electron chi connectivity index (χ1n) is 7.28. The molecule has 2 rings (SSSR count). The summed E-state index contributed by atoms with van der Waals surface area (Å²) < 4.78 is 0. The zero-order valence-corrected chi connectivity index (χ0v) is 11.8. The highest BCUT2D eigenvalue weighted by molar-refractivity contribution is 5.82. The minimum Gasteiger partial charge on any atom is -0.481 e. The van der Waals surface area contributed by atoms with Gasteiger partial charge in [0.25, 0.3) is 0 Å². The Morgan fingerprint density at radius 1 is 1.25 bits per heavy atom. The fraction of sp³-hybridized carbons (Fsp3) is 0.786. The molecule has 0 bridgehead atoms. The normalized spacial score (nSPS) is 24.1. The lowest BCUT2D eigenvalue weighted by molar-refractivity contribution is -0.138. The molecule has 0 saturated heterocycles. The van der Waals surface area contributed by atoms with Crippen LogP contribution in [0.4, 0.5) is 0 Å². The average Bonchev–Trinajstić information content (AvgIpc) is 3.25. The minimum absolute atomic E-state index is 0.0197. The van der Waals surface area contributed by atoms with Crippen molar-refractivity contribution < 1.29 is 19.5 Å². The number of aliphatic carboxylic acids is 1. The maximum Gasteiger partial charge on any atom is 0.305 e. The van der Waals surface area contributed by atoms with Gasteiger partial charge in [-0.05, 0) is 25.2 Å². The predicted molar refractivity (Wildman–Crippen MR) is 71.9 cm³/mol. The molecular formula is C14H22N2O4. The summed E-state index contributed by atoms with van der Waals surface area (Å²) in [6.07, 6.45) is 3.08. The smallest absolute Gasteiger partial charge is 0.305 e. The summed E-state index contributed by atoms with van der Waals surface area (Å²) in [6.45, 7) is 2.65. The SMILES string of the molecule is CC1CC1C(=O)NCCC(=O)N(CCC(=O)O)C1CC1. The quantitative estimate of drug-likeness (QED) is 0.683. The third-order valence-corrected chi connectivity index (χ3v) is 3.96. The summed E-state index contributed by atoms with van der Waals surface area (Å²) in [7, 11) is 0. The van der Waals surface area contributed by atoms with Crippen LogP contribution in [0, 0.1) is 11.8 Å². The van der Waals surface area contributed by atoms with Crippen LogP contribution in [0.5, 0.6) is 0 Å². The van der Waals surface area contributed by atoms with E-state index in [0.29, 0.717) is 12.5 Å². The molecular weight excluding hydrogens is 260 g/mol. The molecule has 6 nitrogen and oxygen atoms in total. The maximum atomic E-state index is 12.1. The van der Waals surface area contributed by atoms with Crippen LogP contribution in [0.1, 0.15) is 39.0 Å². The Morgan fingerprint density at radius 3 is 2.40 bits per heavy atom. The number of rotatable bonds is 8. The monoisotopic (exact) mass is 282 g/mol. The fourth-order valence-corrected chi connectivity index (χ4v) is 2.37. The summed E-state index contributed by atoms with van der Waals surface area (Å²) in [5.74, 6) is -0.327. The summed E-state index contributed by atoms with van der Waals surface area (Å²) in [4.78, 5) is 35.9. The number of amides is 2. The minimum atomic E-state index is -0.889. The second kappa shape index (κ2) is 6.24. The summed E-state index contributed by atoms with van der Waals surface area (Å²) in [5, 5.41) is 11.5. The van der Waals surface area contributed by atoms with Crippen molar-refractivity contribution in [2.75, 3.05) is 13.1 Å². The highest BCUT2D eigenvalue weighted by atomic mass is 16.4. The molecule has 2 aliphatic rings. The van der Waals surface area contributed by atoms with Gasteiger partial charge in [0.05, 0.1) is 6.42 Å². The third kappa shape index (κ3) is 4.21. The van der Waals surface area contributed by atoms with Crippen LogP contribution >= 0.6 is 0 Å². The summed E-state index contributed by atoms with van der Waals surface area (Å²) in [5.41, 5.74) is 0. The van der Waals surface area contributed by atoms with Crippen molar-refractivity contribution in [1.29, 1.82) is 0 Å². The lowest BCUT2D eigenvalue weighted by Crippen LogP contribution is -2.37. The van der Waals surface area contributed by atoms with Crippen LogP contribution in [-0.2, 0) is 14.4 Å². The number of carboxylic acid groups (broad SMARTS) is 1. The Morgan fingerprint density at radius 2 is 1.90 bits per heavy atom. The second-order valence-corrected chi connectivity index (χ2v) is 5.82. The Hall–Kier alpha value is -1.59.